The van der Waals surface area contributed by atoms with Crippen LogP contribution in [-0.4, -0.2) is 67.9 Å². The largest absolute Gasteiger partial charge is 0.497 e. The lowest BCUT2D eigenvalue weighted by Crippen LogP contribution is -2.36. The minimum absolute atomic E-state index is 0.211. The lowest BCUT2D eigenvalue weighted by Gasteiger charge is -2.27. The third-order valence-corrected chi connectivity index (χ3v) is 8.48. The first-order valence-electron chi connectivity index (χ1n) is 16.3. The van der Waals surface area contributed by atoms with Gasteiger partial charge in [0, 0.05) is 36.9 Å². The minimum atomic E-state index is -0.589. The maximum atomic E-state index is 12.9. The van der Waals surface area contributed by atoms with Crippen molar-refractivity contribution in [3.63, 3.8) is 0 Å². The molecule has 0 bridgehead atoms. The van der Waals surface area contributed by atoms with Gasteiger partial charge in [-0.25, -0.2) is 9.78 Å². The Hall–Kier alpha value is -5.71. The summed E-state index contributed by atoms with van der Waals surface area (Å²) in [5.74, 6) is 1.13. The lowest BCUT2D eigenvalue weighted by atomic mass is 9.97. The van der Waals surface area contributed by atoms with E-state index in [0.717, 1.165) is 50.0 Å². The first kappa shape index (κ1) is 33.2. The molecule has 0 radical (unpaired) electrons. The molecule has 0 aliphatic carbocycles. The van der Waals surface area contributed by atoms with E-state index >= 15 is 0 Å². The number of para-hydroxylation sites is 1. The highest BCUT2D eigenvalue weighted by atomic mass is 16.6. The molecular formula is C38H41N7O4. The average Bonchev–Trinajstić information content (AvgIpc) is 3.68. The number of aromatic amines is 1. The second-order valence-electron chi connectivity index (χ2n) is 12.9. The molecule has 0 atom stereocenters. The first-order valence-corrected chi connectivity index (χ1v) is 16.3. The van der Waals surface area contributed by atoms with Gasteiger partial charge in [-0.1, -0.05) is 24.3 Å². The molecule has 0 aliphatic heterocycles. The molecule has 3 aromatic carbocycles. The molecular weight excluding hydrogens is 618 g/mol. The molecule has 2 N–H and O–H groups in total. The van der Waals surface area contributed by atoms with Crippen LogP contribution in [0, 0.1) is 6.92 Å². The zero-order valence-corrected chi connectivity index (χ0v) is 28.9. The van der Waals surface area contributed by atoms with Crippen molar-refractivity contribution in [1.29, 1.82) is 0 Å². The van der Waals surface area contributed by atoms with Crippen molar-refractivity contribution < 1.29 is 19.1 Å². The van der Waals surface area contributed by atoms with E-state index in [0.29, 0.717) is 42.2 Å². The molecule has 0 fully saturated rings. The third kappa shape index (κ3) is 6.83. The number of hydrogen-bond donors (Lipinski definition) is 2. The highest BCUT2D eigenvalue weighted by molar-refractivity contribution is 6.06. The number of carbonyl (C=O) groups is 2. The predicted octanol–water partition coefficient (Wildman–Crippen LogP) is 7.12. The number of hydrogen-bond acceptors (Lipinski definition) is 7. The molecule has 49 heavy (non-hydrogen) atoms. The summed E-state index contributed by atoms with van der Waals surface area (Å²) in [4.78, 5) is 40.1. The number of carbonyl (C=O) groups excluding carboxylic acids is 2. The summed E-state index contributed by atoms with van der Waals surface area (Å²) in [6.07, 6.45) is 3.30. The lowest BCUT2D eigenvalue weighted by molar-refractivity contribution is 0.0244. The van der Waals surface area contributed by atoms with Gasteiger partial charge in [-0.15, -0.1) is 0 Å². The molecule has 6 rings (SSSR count). The number of methoxy groups -OCH3 is 1. The van der Waals surface area contributed by atoms with Crippen LogP contribution in [-0.2, 0) is 17.8 Å². The standard InChI is InChI=1S/C38H41N7O4/c1-8-44(37(47)49-38(3,4)5)22-26-19-40-20-30(23(26)2)25-14-17-32-29(18-25)34(43-45(32)21-24-12-15-27(48-7)16-13-24)35-41-31-11-9-10-28(33(31)42-35)36(46)39-6/h9-20H,8,21-22H2,1-7H3,(H,39,46)(H,41,42). The van der Waals surface area contributed by atoms with E-state index in [4.69, 9.17) is 19.6 Å². The fourth-order valence-corrected chi connectivity index (χ4v) is 5.86. The fraction of sp³-hybridized carbons (Fsp3) is 0.289. The SMILES string of the molecule is CCN(Cc1cncc(-c2ccc3c(c2)c(-c2nc4c(C(=O)NC)cccc4[nH]2)nn3Cc2ccc(OC)cc2)c1C)C(=O)OC(C)(C)C. The van der Waals surface area contributed by atoms with Gasteiger partial charge < -0.3 is 24.7 Å². The van der Waals surface area contributed by atoms with Crippen LogP contribution in [0.25, 0.3) is 44.6 Å². The van der Waals surface area contributed by atoms with Gasteiger partial charge >= 0.3 is 6.09 Å². The number of amides is 2. The molecule has 2 amide bonds. The van der Waals surface area contributed by atoms with Crippen LogP contribution in [0.5, 0.6) is 5.75 Å². The molecule has 3 heterocycles. The number of rotatable bonds is 9. The van der Waals surface area contributed by atoms with Gasteiger partial charge in [0.1, 0.15) is 22.6 Å². The quantitative estimate of drug-likeness (QED) is 0.169. The summed E-state index contributed by atoms with van der Waals surface area (Å²) in [7, 11) is 3.25. The van der Waals surface area contributed by atoms with Crippen molar-refractivity contribution in [2.45, 2.75) is 53.3 Å². The Bertz CT molecular complexity index is 2160. The first-order chi connectivity index (χ1) is 23.5. The van der Waals surface area contributed by atoms with Gasteiger partial charge in [0.2, 0.25) is 0 Å². The van der Waals surface area contributed by atoms with E-state index in [1.165, 1.54) is 0 Å². The minimum Gasteiger partial charge on any atom is -0.497 e. The van der Waals surface area contributed by atoms with Crippen LogP contribution in [0.3, 0.4) is 0 Å². The van der Waals surface area contributed by atoms with Crippen LogP contribution in [0.4, 0.5) is 4.79 Å². The van der Waals surface area contributed by atoms with E-state index in [-0.39, 0.29) is 12.0 Å². The summed E-state index contributed by atoms with van der Waals surface area (Å²) in [5.41, 5.74) is 7.69. The number of aromatic nitrogens is 5. The van der Waals surface area contributed by atoms with E-state index in [2.05, 4.69) is 33.5 Å². The Morgan fingerprint density at radius 3 is 2.51 bits per heavy atom. The predicted molar refractivity (Wildman–Crippen MR) is 191 cm³/mol. The van der Waals surface area contributed by atoms with E-state index < -0.39 is 5.60 Å². The number of ether oxygens (including phenoxy) is 2. The Balaban J connectivity index is 1.45. The third-order valence-electron chi connectivity index (χ3n) is 8.48. The second-order valence-corrected chi connectivity index (χ2v) is 12.9. The topological polar surface area (TPSA) is 127 Å². The van der Waals surface area contributed by atoms with Crippen LogP contribution in [0.1, 0.15) is 54.7 Å². The molecule has 0 saturated heterocycles. The molecule has 0 aliphatic rings. The zero-order chi connectivity index (χ0) is 34.9. The number of benzene rings is 3. The number of fused-ring (bicyclic) bond motifs is 2. The number of nitrogens with zero attached hydrogens (tertiary/aromatic N) is 5. The maximum absolute atomic E-state index is 12.9. The highest BCUT2D eigenvalue weighted by Gasteiger charge is 2.23. The number of H-pyrrole nitrogens is 1. The van der Waals surface area contributed by atoms with Crippen molar-refractivity contribution in [1.82, 2.24) is 34.9 Å². The van der Waals surface area contributed by atoms with Crippen LogP contribution >= 0.6 is 0 Å². The molecule has 11 heteroatoms. The molecule has 0 unspecified atom stereocenters. The highest BCUT2D eigenvalue weighted by Crippen LogP contribution is 2.34. The molecule has 0 spiro atoms. The molecule has 252 valence electrons. The van der Waals surface area contributed by atoms with Crippen molar-refractivity contribution >= 4 is 33.9 Å². The Morgan fingerprint density at radius 1 is 1.04 bits per heavy atom. The monoisotopic (exact) mass is 659 g/mol. The van der Waals surface area contributed by atoms with Crippen molar-refractivity contribution in [2.24, 2.45) is 0 Å². The van der Waals surface area contributed by atoms with Crippen molar-refractivity contribution in [2.75, 3.05) is 20.7 Å². The molecule has 11 nitrogen and oxygen atoms in total. The summed E-state index contributed by atoms with van der Waals surface area (Å²) >= 11 is 0. The van der Waals surface area contributed by atoms with Gasteiger partial charge in [-0.05, 0) is 93.3 Å². The number of pyridine rings is 1. The van der Waals surface area contributed by atoms with E-state index in [1.807, 2.05) is 81.9 Å². The van der Waals surface area contributed by atoms with Crippen molar-refractivity contribution in [3.05, 3.63) is 95.3 Å². The number of imidazole rings is 1. The van der Waals surface area contributed by atoms with E-state index in [1.54, 1.807) is 31.3 Å². The maximum Gasteiger partial charge on any atom is 0.410 e. The molecule has 3 aromatic heterocycles. The van der Waals surface area contributed by atoms with E-state index in [9.17, 15) is 9.59 Å². The Labute approximate surface area is 285 Å². The Morgan fingerprint density at radius 2 is 1.82 bits per heavy atom. The summed E-state index contributed by atoms with van der Waals surface area (Å²) < 4.78 is 13.0. The van der Waals surface area contributed by atoms with Gasteiger partial charge in [0.25, 0.3) is 5.91 Å². The summed E-state index contributed by atoms with van der Waals surface area (Å²) in [6, 6.07) is 19.6. The second kappa shape index (κ2) is 13.4. The Kier molecular flexibility index (Phi) is 9.09. The van der Waals surface area contributed by atoms with Crippen LogP contribution < -0.4 is 10.1 Å². The van der Waals surface area contributed by atoms with Crippen molar-refractivity contribution in [3.8, 4) is 28.4 Å². The zero-order valence-electron chi connectivity index (χ0n) is 28.9. The molecule has 6 aromatic rings. The van der Waals surface area contributed by atoms with Gasteiger partial charge in [0.15, 0.2) is 5.82 Å². The van der Waals surface area contributed by atoms with Gasteiger partial charge in [-0.3, -0.25) is 14.5 Å². The van der Waals surface area contributed by atoms with Gasteiger partial charge in [-0.2, -0.15) is 5.10 Å². The summed E-state index contributed by atoms with van der Waals surface area (Å²) in [5, 5.41) is 8.67. The fourth-order valence-electron chi connectivity index (χ4n) is 5.86. The van der Waals surface area contributed by atoms with Gasteiger partial charge in [0.05, 0.1) is 36.8 Å². The normalized spacial score (nSPS) is 11.6. The van der Waals surface area contributed by atoms with Crippen LogP contribution in [0.2, 0.25) is 0 Å². The average molecular weight is 660 g/mol. The molecule has 0 saturated carbocycles. The number of nitrogens with one attached hydrogen (secondary N) is 2. The smallest absolute Gasteiger partial charge is 0.410 e. The summed E-state index contributed by atoms with van der Waals surface area (Å²) in [6.45, 7) is 11.0. The van der Waals surface area contributed by atoms with Crippen LogP contribution in [0.15, 0.2) is 73.1 Å².